The normalized spacial score (nSPS) is 0. The van der Waals surface area contributed by atoms with Crippen molar-refractivity contribution in [1.29, 1.82) is 0 Å². The molecule has 0 bridgehead atoms. The van der Waals surface area contributed by atoms with Crippen molar-refractivity contribution in [2.75, 3.05) is 0 Å². The van der Waals surface area contributed by atoms with Crippen LogP contribution in [0.5, 0.6) is 0 Å². The molecular formula is BaEuMgSr. The molecule has 0 aliphatic heterocycles. The molecule has 0 aliphatic rings. The van der Waals surface area contributed by atoms with E-state index in [1.165, 1.54) is 0 Å². The van der Waals surface area contributed by atoms with Gasteiger partial charge in [0.25, 0.3) is 0 Å². The van der Waals surface area contributed by atoms with Crippen LogP contribution in [0.15, 0.2) is 0 Å². The van der Waals surface area contributed by atoms with E-state index in [4.69, 9.17) is 0 Å². The van der Waals surface area contributed by atoms with Crippen LogP contribution in [-0.2, 0) is 0 Å². The summed E-state index contributed by atoms with van der Waals surface area (Å²) in [6.07, 6.45) is 0. The van der Waals surface area contributed by atoms with Crippen molar-refractivity contribution in [1.82, 2.24) is 0 Å². The van der Waals surface area contributed by atoms with Crippen molar-refractivity contribution in [3.05, 3.63) is 0 Å². The summed E-state index contributed by atoms with van der Waals surface area (Å²) < 4.78 is 0. The van der Waals surface area contributed by atoms with Gasteiger partial charge in [0.1, 0.15) is 0 Å². The Hall–Kier alpha value is 5.40. The van der Waals surface area contributed by atoms with Gasteiger partial charge in [0.15, 0.2) is 0 Å². The van der Waals surface area contributed by atoms with E-state index >= 15 is 0 Å². The second-order valence-electron chi connectivity index (χ2n) is 0. The second kappa shape index (κ2) is 15.8. The third-order valence-electron chi connectivity index (χ3n) is 0. The van der Waals surface area contributed by atoms with E-state index in [0.717, 1.165) is 0 Å². The minimum atomic E-state index is 0. The van der Waals surface area contributed by atoms with Gasteiger partial charge in [0.05, 0.1) is 0 Å². The quantitative estimate of drug-likeness (QED) is 0.451. The van der Waals surface area contributed by atoms with Gasteiger partial charge in [-0.15, -0.1) is 0 Å². The van der Waals surface area contributed by atoms with Gasteiger partial charge in [0.2, 0.25) is 0 Å². The topological polar surface area (TPSA) is 0 Å². The molecular weight excluding hydrogens is 401 g/mol. The Bertz CT molecular complexity index is 8.00. The van der Waals surface area contributed by atoms with Crippen LogP contribution in [0.2, 0.25) is 0 Å². The van der Waals surface area contributed by atoms with Crippen LogP contribution in [0.1, 0.15) is 0 Å². The van der Waals surface area contributed by atoms with Crippen molar-refractivity contribution in [3.63, 3.8) is 0 Å². The first-order valence-electron chi connectivity index (χ1n) is 0. The number of hydrogen-bond acceptors (Lipinski definition) is 0. The van der Waals surface area contributed by atoms with Crippen molar-refractivity contribution in [2.24, 2.45) is 0 Å². The van der Waals surface area contributed by atoms with E-state index in [-0.39, 0.29) is 167 Å². The van der Waals surface area contributed by atoms with Gasteiger partial charge in [-0.05, 0) is 0 Å². The molecule has 4 heteroatoms. The first-order chi connectivity index (χ1) is 0. The number of hydrogen-bond donors (Lipinski definition) is 0. The van der Waals surface area contributed by atoms with E-state index in [1.54, 1.807) is 0 Å². The Morgan fingerprint density at radius 1 is 1.00 bits per heavy atom. The summed E-state index contributed by atoms with van der Waals surface area (Å²) in [6, 6.07) is 0. The molecule has 0 fully saturated rings. The summed E-state index contributed by atoms with van der Waals surface area (Å²) in [4.78, 5) is 0. The van der Waals surface area contributed by atoms with Gasteiger partial charge in [-0.2, -0.15) is 0 Å². The van der Waals surface area contributed by atoms with E-state index in [0.29, 0.717) is 0 Å². The molecule has 0 unspecified atom stereocenters. The van der Waals surface area contributed by atoms with Crippen molar-refractivity contribution in [3.8, 4) is 0 Å². The molecule has 0 heterocycles. The molecule has 0 atom stereocenters. The first-order valence-corrected chi connectivity index (χ1v) is 0. The SMILES string of the molecule is [Ba].[Eu].[Mg].[Sr]. The van der Waals surface area contributed by atoms with Gasteiger partial charge >= 0.3 is 0 Å². The third-order valence-corrected chi connectivity index (χ3v) is 0. The summed E-state index contributed by atoms with van der Waals surface area (Å²) in [5.41, 5.74) is 0. The molecule has 0 spiro atoms. The van der Waals surface area contributed by atoms with Crippen LogP contribution in [0.4, 0.5) is 0 Å². The van der Waals surface area contributed by atoms with E-state index < -0.39 is 0 Å². The van der Waals surface area contributed by atoms with Gasteiger partial charge in [-0.1, -0.05) is 0 Å². The summed E-state index contributed by atoms with van der Waals surface area (Å²) in [7, 11) is 0. The maximum Gasteiger partial charge on any atom is 0 e. The third kappa shape index (κ3) is 10.4. The van der Waals surface area contributed by atoms with E-state index in [9.17, 15) is 0 Å². The van der Waals surface area contributed by atoms with Crippen LogP contribution in [-0.4, -0.2) is 117 Å². The summed E-state index contributed by atoms with van der Waals surface area (Å²) in [5, 5.41) is 0. The van der Waals surface area contributed by atoms with Crippen LogP contribution < -0.4 is 0 Å². The van der Waals surface area contributed by atoms with E-state index in [2.05, 4.69) is 0 Å². The second-order valence-corrected chi connectivity index (χ2v) is 0. The maximum atomic E-state index is 0. The Balaban J connectivity index is 0. The Labute approximate surface area is 161 Å². The Morgan fingerprint density at radius 2 is 1.00 bits per heavy atom. The molecule has 0 aliphatic carbocycles. The molecule has 0 amide bonds. The zero-order chi connectivity index (χ0) is 0. The monoisotopic (exact) mass is 403 g/mol. The Kier molecular flexibility index (Phi) is 89.7. The molecule has 0 saturated carbocycles. The largest absolute Gasteiger partial charge is 0 e. The van der Waals surface area contributed by atoms with Crippen LogP contribution in [0, 0.1) is 49.4 Å². The molecule has 0 aromatic rings. The number of rotatable bonds is 0. The van der Waals surface area contributed by atoms with E-state index in [1.807, 2.05) is 0 Å². The van der Waals surface area contributed by atoms with Gasteiger partial charge in [0, 0.05) is 167 Å². The zero-order valence-electron chi connectivity index (χ0n) is 2.50. The predicted octanol–water partition coefficient (Wildman–Crippen LogP) is -1.14. The smallest absolute Gasteiger partial charge is 0 e. The molecule has 13 valence electrons. The molecule has 4 heavy (non-hydrogen) atoms. The van der Waals surface area contributed by atoms with Crippen LogP contribution >= 0.6 is 0 Å². The minimum Gasteiger partial charge on any atom is 0 e. The molecule has 0 saturated heterocycles. The molecule has 0 aromatic heterocycles. The Morgan fingerprint density at radius 3 is 1.00 bits per heavy atom. The molecule has 7 radical (unpaired) electrons. The van der Waals surface area contributed by atoms with Crippen molar-refractivity contribution >= 4 is 117 Å². The fraction of sp³-hybridized carbons (Fsp3) is 0. The predicted molar refractivity (Wildman–Crippen MR) is 17.3 cm³/mol. The molecule has 0 rings (SSSR count). The average molecular weight is 401 g/mol. The summed E-state index contributed by atoms with van der Waals surface area (Å²) >= 11 is 0. The zero-order valence-corrected chi connectivity index (χ0v) is 14.3. The fourth-order valence-corrected chi connectivity index (χ4v) is 0. The van der Waals surface area contributed by atoms with Crippen LogP contribution in [0.3, 0.4) is 0 Å². The minimum absolute atomic E-state index is 0. The standard InChI is InChI=1S/Ba.Eu.Mg.Sr. The van der Waals surface area contributed by atoms with Gasteiger partial charge in [-0.25, -0.2) is 0 Å². The van der Waals surface area contributed by atoms with Gasteiger partial charge < -0.3 is 0 Å². The maximum absolute atomic E-state index is 0. The van der Waals surface area contributed by atoms with Gasteiger partial charge in [-0.3, -0.25) is 0 Å². The van der Waals surface area contributed by atoms with Crippen molar-refractivity contribution in [2.45, 2.75) is 0 Å². The summed E-state index contributed by atoms with van der Waals surface area (Å²) in [5.74, 6) is 0. The molecule has 0 nitrogen and oxygen atoms in total. The molecule has 0 N–H and O–H groups in total. The average Bonchev–Trinajstić information content (AvgIpc) is 0. The fourth-order valence-electron chi connectivity index (χ4n) is 0. The van der Waals surface area contributed by atoms with Crippen molar-refractivity contribution < 1.29 is 49.4 Å². The first kappa shape index (κ1) is 22.7. The molecule has 0 aromatic carbocycles. The summed E-state index contributed by atoms with van der Waals surface area (Å²) in [6.45, 7) is 0. The van der Waals surface area contributed by atoms with Crippen LogP contribution in [0.25, 0.3) is 0 Å².